The van der Waals surface area contributed by atoms with Gasteiger partial charge in [-0.05, 0) is 34.1 Å². The highest BCUT2D eigenvalue weighted by molar-refractivity contribution is 6.08. The van der Waals surface area contributed by atoms with E-state index < -0.39 is 0 Å². The van der Waals surface area contributed by atoms with Crippen molar-refractivity contribution in [3.05, 3.63) is 0 Å². The maximum Gasteiger partial charge on any atom is 0.0674 e. The Morgan fingerprint density at radius 1 is 1.08 bits per heavy atom. The Bertz CT molecular complexity index is 100. The van der Waals surface area contributed by atoms with Crippen molar-refractivity contribution in [1.82, 2.24) is 4.90 Å². The van der Waals surface area contributed by atoms with Gasteiger partial charge in [0.2, 0.25) is 0 Å². The van der Waals surface area contributed by atoms with Gasteiger partial charge in [0.25, 0.3) is 0 Å². The molecule has 1 unspecified atom stereocenters. The second kappa shape index (κ2) is 5.63. The molecule has 0 aromatic carbocycles. The molecule has 1 atom stereocenters. The van der Waals surface area contributed by atoms with Gasteiger partial charge in [0, 0.05) is 18.1 Å². The summed E-state index contributed by atoms with van der Waals surface area (Å²) in [5.41, 5.74) is 0. The molecule has 0 aromatic heterocycles. The predicted octanol–water partition coefficient (Wildman–Crippen LogP) is 2.47. The van der Waals surface area contributed by atoms with Crippen molar-refractivity contribution in [1.29, 1.82) is 0 Å². The van der Waals surface area contributed by atoms with Crippen LogP contribution < -0.4 is 0 Å². The van der Waals surface area contributed by atoms with Gasteiger partial charge < -0.3 is 0 Å². The fourth-order valence-corrected chi connectivity index (χ4v) is 1.94. The van der Waals surface area contributed by atoms with E-state index in [0.29, 0.717) is 18.1 Å². The van der Waals surface area contributed by atoms with E-state index in [1.165, 1.54) is 0 Å². The first-order valence-corrected chi connectivity index (χ1v) is 5.02. The first kappa shape index (κ1) is 12.0. The Hall–Kier alpha value is 0.0249. The molecule has 0 spiro atoms. The van der Waals surface area contributed by atoms with Gasteiger partial charge in [-0.15, -0.1) is 0 Å². The van der Waals surface area contributed by atoms with E-state index in [-0.39, 0.29) is 0 Å². The predicted molar refractivity (Wildman–Crippen MR) is 56.8 cm³/mol. The van der Waals surface area contributed by atoms with E-state index in [0.717, 1.165) is 12.7 Å². The highest BCUT2D eigenvalue weighted by Gasteiger charge is 2.20. The van der Waals surface area contributed by atoms with Crippen LogP contribution in [0.1, 0.15) is 41.0 Å². The minimum atomic E-state index is 0.546. The summed E-state index contributed by atoms with van der Waals surface area (Å²) in [5.74, 6) is 0. The first-order chi connectivity index (χ1) is 5.54. The van der Waals surface area contributed by atoms with E-state index in [1.54, 1.807) is 0 Å². The van der Waals surface area contributed by atoms with Crippen LogP contribution in [0.15, 0.2) is 0 Å². The van der Waals surface area contributed by atoms with Crippen molar-refractivity contribution in [3.8, 4) is 0 Å². The van der Waals surface area contributed by atoms with Crippen molar-refractivity contribution in [2.45, 2.75) is 65.5 Å². The van der Waals surface area contributed by atoms with E-state index in [4.69, 9.17) is 7.85 Å². The van der Waals surface area contributed by atoms with Crippen LogP contribution in [0.5, 0.6) is 0 Å². The van der Waals surface area contributed by atoms with Crippen molar-refractivity contribution in [2.75, 3.05) is 0 Å². The molecule has 0 aromatic rings. The van der Waals surface area contributed by atoms with E-state index in [9.17, 15) is 0 Å². The zero-order valence-corrected chi connectivity index (χ0v) is 9.17. The summed E-state index contributed by atoms with van der Waals surface area (Å²) in [5, 5.41) is 0. The minimum Gasteiger partial charge on any atom is -0.296 e. The van der Waals surface area contributed by atoms with Gasteiger partial charge in [-0.1, -0.05) is 13.2 Å². The molecule has 0 aliphatic carbocycles. The minimum absolute atomic E-state index is 0.546. The van der Waals surface area contributed by atoms with Gasteiger partial charge in [0.1, 0.15) is 0 Å². The molecule has 2 radical (unpaired) electrons. The Kier molecular flexibility index (Phi) is 5.64. The summed E-state index contributed by atoms with van der Waals surface area (Å²) in [6, 6.07) is 1.74. The quantitative estimate of drug-likeness (QED) is 0.568. The Balaban J connectivity index is 4.26. The maximum atomic E-state index is 5.72. The molecule has 12 heavy (non-hydrogen) atoms. The Morgan fingerprint density at radius 3 is 1.58 bits per heavy atom. The molecule has 70 valence electrons. The summed E-state index contributed by atoms with van der Waals surface area (Å²) < 4.78 is 0. The van der Waals surface area contributed by atoms with Crippen molar-refractivity contribution in [3.63, 3.8) is 0 Å². The molecule has 0 bridgehead atoms. The second-order valence-corrected chi connectivity index (χ2v) is 3.93. The van der Waals surface area contributed by atoms with Gasteiger partial charge in [-0.3, -0.25) is 4.90 Å². The molecule has 0 N–H and O–H groups in total. The van der Waals surface area contributed by atoms with E-state index in [2.05, 4.69) is 39.5 Å². The molecule has 0 aliphatic heterocycles. The standard InChI is InChI=1S/C10H22BN/c1-6-10(7-11)12(8(2)3)9(4)5/h8-10H,6-7H2,1-5H3. The molecule has 0 saturated carbocycles. The van der Waals surface area contributed by atoms with Gasteiger partial charge in [0.15, 0.2) is 0 Å². The topological polar surface area (TPSA) is 3.24 Å². The van der Waals surface area contributed by atoms with Crippen molar-refractivity contribution >= 4 is 7.85 Å². The molecule has 0 fully saturated rings. The average molecular weight is 167 g/mol. The fourth-order valence-electron chi connectivity index (χ4n) is 1.94. The third kappa shape index (κ3) is 3.18. The smallest absolute Gasteiger partial charge is 0.0674 e. The van der Waals surface area contributed by atoms with E-state index in [1.807, 2.05) is 0 Å². The first-order valence-electron chi connectivity index (χ1n) is 5.02. The third-order valence-electron chi connectivity index (χ3n) is 2.36. The molecule has 0 saturated heterocycles. The summed E-state index contributed by atoms with van der Waals surface area (Å²) in [4.78, 5) is 2.49. The second-order valence-electron chi connectivity index (χ2n) is 3.93. The lowest BCUT2D eigenvalue weighted by molar-refractivity contribution is 0.120. The highest BCUT2D eigenvalue weighted by Crippen LogP contribution is 2.15. The fraction of sp³-hybridized carbons (Fsp3) is 1.00. The van der Waals surface area contributed by atoms with Gasteiger partial charge in [0.05, 0.1) is 7.85 Å². The van der Waals surface area contributed by atoms with Crippen LogP contribution in [0.3, 0.4) is 0 Å². The van der Waals surface area contributed by atoms with Gasteiger partial charge >= 0.3 is 0 Å². The lowest BCUT2D eigenvalue weighted by Gasteiger charge is -2.37. The zero-order chi connectivity index (χ0) is 9.72. The lowest BCUT2D eigenvalue weighted by Crippen LogP contribution is -2.44. The molecule has 1 nitrogen and oxygen atoms in total. The van der Waals surface area contributed by atoms with Crippen LogP contribution in [-0.2, 0) is 0 Å². The number of rotatable bonds is 5. The monoisotopic (exact) mass is 167 g/mol. The van der Waals surface area contributed by atoms with Crippen LogP contribution in [0, 0.1) is 0 Å². The number of nitrogens with zero attached hydrogens (tertiary/aromatic N) is 1. The van der Waals surface area contributed by atoms with Gasteiger partial charge in [-0.25, -0.2) is 0 Å². The van der Waals surface area contributed by atoms with Crippen LogP contribution in [0.25, 0.3) is 0 Å². The third-order valence-corrected chi connectivity index (χ3v) is 2.36. The van der Waals surface area contributed by atoms with Gasteiger partial charge in [-0.2, -0.15) is 0 Å². The zero-order valence-electron chi connectivity index (χ0n) is 9.17. The van der Waals surface area contributed by atoms with Crippen molar-refractivity contribution < 1.29 is 0 Å². The Morgan fingerprint density at radius 2 is 1.50 bits per heavy atom. The summed E-state index contributed by atoms with van der Waals surface area (Å²) in [6.07, 6.45) is 1.92. The molecular formula is C10H22BN. The maximum absolute atomic E-state index is 5.72. The normalized spacial score (nSPS) is 14.7. The molecule has 0 amide bonds. The van der Waals surface area contributed by atoms with Crippen LogP contribution in [-0.4, -0.2) is 30.9 Å². The SMILES string of the molecule is [B]CC(CC)N(C(C)C)C(C)C. The van der Waals surface area contributed by atoms with Crippen LogP contribution >= 0.6 is 0 Å². The van der Waals surface area contributed by atoms with Crippen LogP contribution in [0.4, 0.5) is 0 Å². The average Bonchev–Trinajstić information content (AvgIpc) is 1.98. The van der Waals surface area contributed by atoms with Crippen molar-refractivity contribution in [2.24, 2.45) is 0 Å². The Labute approximate surface area is 78.9 Å². The van der Waals surface area contributed by atoms with Crippen LogP contribution in [0.2, 0.25) is 6.32 Å². The van der Waals surface area contributed by atoms with E-state index >= 15 is 0 Å². The molecule has 0 heterocycles. The molecule has 0 aliphatic rings. The molecule has 2 heteroatoms. The molecule has 0 rings (SSSR count). The highest BCUT2D eigenvalue weighted by atomic mass is 15.2. The summed E-state index contributed by atoms with van der Waals surface area (Å²) in [7, 11) is 5.72. The number of hydrogen-bond donors (Lipinski definition) is 0. The number of hydrogen-bond acceptors (Lipinski definition) is 1. The summed E-state index contributed by atoms with van der Waals surface area (Å²) in [6.45, 7) is 11.1. The largest absolute Gasteiger partial charge is 0.296 e. The molecular weight excluding hydrogens is 145 g/mol. The lowest BCUT2D eigenvalue weighted by atomic mass is 9.92. The summed E-state index contributed by atoms with van der Waals surface area (Å²) >= 11 is 0.